The molecular formula is C10H15NS. The molecule has 0 radical (unpaired) electrons. The van der Waals surface area contributed by atoms with E-state index >= 15 is 0 Å². The van der Waals surface area contributed by atoms with Crippen LogP contribution in [0.25, 0.3) is 0 Å². The van der Waals surface area contributed by atoms with E-state index in [9.17, 15) is 0 Å². The maximum atomic E-state index is 5.65. The zero-order chi connectivity index (χ0) is 9.14. The summed E-state index contributed by atoms with van der Waals surface area (Å²) >= 11 is 4.28. The highest BCUT2D eigenvalue weighted by Crippen LogP contribution is 2.24. The molecule has 0 bridgehead atoms. The van der Waals surface area contributed by atoms with Crippen LogP contribution in [0.3, 0.4) is 0 Å². The standard InChI is InChI=1S/C10H15NS/c1-3-7(2)8-4-5-9(11)10(12)6-8/h4-7,12H,3,11H2,1-2H3. The Balaban J connectivity index is 2.96. The van der Waals surface area contributed by atoms with E-state index in [-0.39, 0.29) is 0 Å². The van der Waals surface area contributed by atoms with Gasteiger partial charge in [-0.2, -0.15) is 0 Å². The molecule has 66 valence electrons. The van der Waals surface area contributed by atoms with E-state index in [0.29, 0.717) is 5.92 Å². The number of thiol groups is 1. The number of rotatable bonds is 2. The van der Waals surface area contributed by atoms with E-state index in [1.807, 2.05) is 12.1 Å². The summed E-state index contributed by atoms with van der Waals surface area (Å²) in [5.41, 5.74) is 7.73. The van der Waals surface area contributed by atoms with E-state index in [1.165, 1.54) is 5.56 Å². The summed E-state index contributed by atoms with van der Waals surface area (Å²) in [5.74, 6) is 0.594. The predicted octanol–water partition coefficient (Wildman–Crippen LogP) is 3.07. The number of nitrogens with two attached hydrogens (primary N) is 1. The molecule has 0 aliphatic heterocycles. The molecule has 1 unspecified atom stereocenters. The van der Waals surface area contributed by atoms with Crippen LogP contribution in [-0.4, -0.2) is 0 Å². The maximum absolute atomic E-state index is 5.65. The number of hydrogen-bond acceptors (Lipinski definition) is 2. The fraction of sp³-hybridized carbons (Fsp3) is 0.400. The largest absolute Gasteiger partial charge is 0.398 e. The van der Waals surface area contributed by atoms with Crippen LogP contribution in [0.1, 0.15) is 31.7 Å². The second-order valence-corrected chi connectivity index (χ2v) is 3.61. The molecule has 0 spiro atoms. The first-order chi connectivity index (χ1) is 5.65. The van der Waals surface area contributed by atoms with Crippen LogP contribution in [0.5, 0.6) is 0 Å². The van der Waals surface area contributed by atoms with E-state index in [1.54, 1.807) is 0 Å². The Morgan fingerprint density at radius 3 is 2.67 bits per heavy atom. The monoisotopic (exact) mass is 181 g/mol. The van der Waals surface area contributed by atoms with Crippen molar-refractivity contribution in [3.8, 4) is 0 Å². The average molecular weight is 181 g/mol. The Morgan fingerprint density at radius 1 is 1.50 bits per heavy atom. The normalized spacial score (nSPS) is 12.9. The van der Waals surface area contributed by atoms with Crippen molar-refractivity contribution in [1.82, 2.24) is 0 Å². The summed E-state index contributed by atoms with van der Waals surface area (Å²) in [4.78, 5) is 0.882. The molecule has 1 aromatic rings. The van der Waals surface area contributed by atoms with Crippen LogP contribution in [-0.2, 0) is 0 Å². The van der Waals surface area contributed by atoms with Gasteiger partial charge < -0.3 is 5.73 Å². The van der Waals surface area contributed by atoms with Crippen molar-refractivity contribution < 1.29 is 0 Å². The summed E-state index contributed by atoms with van der Waals surface area (Å²) < 4.78 is 0. The lowest BCUT2D eigenvalue weighted by atomic mass is 9.99. The zero-order valence-corrected chi connectivity index (χ0v) is 8.44. The predicted molar refractivity (Wildman–Crippen MR) is 56.8 cm³/mol. The molecule has 12 heavy (non-hydrogen) atoms. The second kappa shape index (κ2) is 3.85. The molecule has 0 aliphatic carbocycles. The molecule has 1 atom stereocenters. The van der Waals surface area contributed by atoms with Gasteiger partial charge in [0, 0.05) is 10.6 Å². The molecule has 1 aromatic carbocycles. The lowest BCUT2D eigenvalue weighted by molar-refractivity contribution is 0.732. The first-order valence-corrected chi connectivity index (χ1v) is 4.68. The van der Waals surface area contributed by atoms with Gasteiger partial charge in [-0.25, -0.2) is 0 Å². The summed E-state index contributed by atoms with van der Waals surface area (Å²) in [7, 11) is 0. The van der Waals surface area contributed by atoms with Gasteiger partial charge in [-0.3, -0.25) is 0 Å². The Morgan fingerprint density at radius 2 is 2.17 bits per heavy atom. The third kappa shape index (κ3) is 1.95. The molecule has 1 rings (SSSR count). The van der Waals surface area contributed by atoms with Gasteiger partial charge in [-0.1, -0.05) is 19.9 Å². The third-order valence-corrected chi connectivity index (χ3v) is 2.62. The fourth-order valence-electron chi connectivity index (χ4n) is 1.10. The molecule has 0 aromatic heterocycles. The molecule has 0 amide bonds. The lowest BCUT2D eigenvalue weighted by Crippen LogP contribution is -1.93. The molecule has 0 aliphatic rings. The highest BCUT2D eigenvalue weighted by molar-refractivity contribution is 7.80. The summed E-state index contributed by atoms with van der Waals surface area (Å²) in [6, 6.07) is 6.04. The van der Waals surface area contributed by atoms with Crippen LogP contribution in [0.2, 0.25) is 0 Å². The third-order valence-electron chi connectivity index (χ3n) is 2.24. The van der Waals surface area contributed by atoms with Gasteiger partial charge in [-0.05, 0) is 30.0 Å². The van der Waals surface area contributed by atoms with Gasteiger partial charge in [-0.15, -0.1) is 12.6 Å². The minimum absolute atomic E-state index is 0.594. The Bertz CT molecular complexity index is 271. The van der Waals surface area contributed by atoms with Crippen molar-refractivity contribution in [3.05, 3.63) is 23.8 Å². The van der Waals surface area contributed by atoms with E-state index in [4.69, 9.17) is 5.73 Å². The van der Waals surface area contributed by atoms with Crippen molar-refractivity contribution in [1.29, 1.82) is 0 Å². The summed E-state index contributed by atoms with van der Waals surface area (Å²) in [5, 5.41) is 0. The van der Waals surface area contributed by atoms with Crippen LogP contribution in [0, 0.1) is 0 Å². The smallest absolute Gasteiger partial charge is 0.0449 e. The van der Waals surface area contributed by atoms with E-state index < -0.39 is 0 Å². The topological polar surface area (TPSA) is 26.0 Å². The maximum Gasteiger partial charge on any atom is 0.0449 e. The zero-order valence-electron chi connectivity index (χ0n) is 7.54. The van der Waals surface area contributed by atoms with Crippen molar-refractivity contribution in [2.75, 3.05) is 5.73 Å². The second-order valence-electron chi connectivity index (χ2n) is 3.13. The van der Waals surface area contributed by atoms with Gasteiger partial charge in [0.15, 0.2) is 0 Å². The van der Waals surface area contributed by atoms with Gasteiger partial charge in [0.2, 0.25) is 0 Å². The summed E-state index contributed by atoms with van der Waals surface area (Å²) in [6.07, 6.45) is 1.15. The van der Waals surface area contributed by atoms with Crippen LogP contribution in [0.15, 0.2) is 23.1 Å². The molecular weight excluding hydrogens is 166 g/mol. The van der Waals surface area contributed by atoms with Crippen LogP contribution >= 0.6 is 12.6 Å². The van der Waals surface area contributed by atoms with Crippen molar-refractivity contribution in [2.45, 2.75) is 31.1 Å². The first kappa shape index (κ1) is 9.46. The lowest BCUT2D eigenvalue weighted by Gasteiger charge is -2.10. The highest BCUT2D eigenvalue weighted by atomic mass is 32.1. The summed E-state index contributed by atoms with van der Waals surface area (Å²) in [6.45, 7) is 4.39. The van der Waals surface area contributed by atoms with Gasteiger partial charge >= 0.3 is 0 Å². The molecule has 1 nitrogen and oxygen atoms in total. The number of anilines is 1. The molecule has 0 fully saturated rings. The molecule has 2 heteroatoms. The minimum Gasteiger partial charge on any atom is -0.398 e. The van der Waals surface area contributed by atoms with Crippen LogP contribution in [0.4, 0.5) is 5.69 Å². The fourth-order valence-corrected chi connectivity index (χ4v) is 1.33. The molecule has 2 N–H and O–H groups in total. The minimum atomic E-state index is 0.594. The quantitative estimate of drug-likeness (QED) is 0.532. The van der Waals surface area contributed by atoms with E-state index in [2.05, 4.69) is 32.5 Å². The Labute approximate surface area is 79.4 Å². The Hall–Kier alpha value is -0.630. The Kier molecular flexibility index (Phi) is 3.04. The van der Waals surface area contributed by atoms with Gasteiger partial charge in [0.25, 0.3) is 0 Å². The SMILES string of the molecule is CCC(C)c1ccc(N)c(S)c1. The van der Waals surface area contributed by atoms with Crippen molar-refractivity contribution >= 4 is 18.3 Å². The molecule has 0 heterocycles. The first-order valence-electron chi connectivity index (χ1n) is 4.23. The highest BCUT2D eigenvalue weighted by Gasteiger charge is 2.03. The number of benzene rings is 1. The van der Waals surface area contributed by atoms with Crippen molar-refractivity contribution in [3.63, 3.8) is 0 Å². The van der Waals surface area contributed by atoms with Crippen LogP contribution < -0.4 is 5.73 Å². The van der Waals surface area contributed by atoms with Crippen molar-refractivity contribution in [2.24, 2.45) is 0 Å². The average Bonchev–Trinajstić information content (AvgIpc) is 2.08. The van der Waals surface area contributed by atoms with Gasteiger partial charge in [0.05, 0.1) is 0 Å². The van der Waals surface area contributed by atoms with E-state index in [0.717, 1.165) is 17.0 Å². The molecule has 0 saturated carbocycles. The number of hydrogen-bond donors (Lipinski definition) is 2. The molecule has 0 saturated heterocycles. The van der Waals surface area contributed by atoms with Gasteiger partial charge in [0.1, 0.15) is 0 Å². The number of nitrogen functional groups attached to an aromatic ring is 1.